The Morgan fingerprint density at radius 2 is 2.19 bits per heavy atom. The molecule has 9 nitrogen and oxygen atoms in total. The number of ether oxygens (including phenoxy) is 1. The molecule has 4 rings (SSSR count). The highest BCUT2D eigenvalue weighted by Gasteiger charge is 2.23. The summed E-state index contributed by atoms with van der Waals surface area (Å²) in [7, 11) is 2.03. The number of hydrogen-bond acceptors (Lipinski definition) is 7. The summed E-state index contributed by atoms with van der Waals surface area (Å²) in [6.45, 7) is 9.53. The molecule has 2 atom stereocenters. The molecular formula is C23H33N7O2. The Morgan fingerprint density at radius 3 is 2.91 bits per heavy atom. The Balaban J connectivity index is 1.40. The average molecular weight is 440 g/mol. The smallest absolute Gasteiger partial charge is 0.328 e. The van der Waals surface area contributed by atoms with E-state index in [-0.39, 0.29) is 18.6 Å². The molecule has 0 saturated carbocycles. The fourth-order valence-electron chi connectivity index (χ4n) is 4.23. The number of carbonyl (C=O) groups excluding carboxylic acids is 1. The van der Waals surface area contributed by atoms with Gasteiger partial charge in [0.2, 0.25) is 5.95 Å². The van der Waals surface area contributed by atoms with E-state index in [9.17, 15) is 4.79 Å². The predicted molar refractivity (Wildman–Crippen MR) is 124 cm³/mol. The van der Waals surface area contributed by atoms with Gasteiger partial charge in [-0.15, -0.1) is 0 Å². The van der Waals surface area contributed by atoms with Crippen LogP contribution >= 0.6 is 0 Å². The first-order valence-corrected chi connectivity index (χ1v) is 11.4. The van der Waals surface area contributed by atoms with E-state index >= 15 is 0 Å². The second kappa shape index (κ2) is 9.68. The van der Waals surface area contributed by atoms with Gasteiger partial charge in [0.1, 0.15) is 18.3 Å². The maximum Gasteiger partial charge on any atom is 0.328 e. The van der Waals surface area contributed by atoms with Gasteiger partial charge in [-0.25, -0.2) is 4.98 Å². The van der Waals surface area contributed by atoms with Crippen LogP contribution in [0.3, 0.4) is 0 Å². The molecule has 0 spiro atoms. The van der Waals surface area contributed by atoms with Gasteiger partial charge >= 0.3 is 5.97 Å². The Morgan fingerprint density at radius 1 is 1.34 bits per heavy atom. The highest BCUT2D eigenvalue weighted by atomic mass is 16.5. The van der Waals surface area contributed by atoms with Gasteiger partial charge in [-0.05, 0) is 31.4 Å². The van der Waals surface area contributed by atoms with Crippen LogP contribution in [-0.2, 0) is 22.6 Å². The summed E-state index contributed by atoms with van der Waals surface area (Å²) < 4.78 is 9.31. The lowest BCUT2D eigenvalue weighted by molar-refractivity contribution is -0.149. The van der Waals surface area contributed by atoms with Gasteiger partial charge in [-0.3, -0.25) is 9.48 Å². The van der Waals surface area contributed by atoms with Crippen LogP contribution in [-0.4, -0.2) is 61.4 Å². The zero-order valence-corrected chi connectivity index (χ0v) is 19.4. The molecule has 3 aromatic rings. The van der Waals surface area contributed by atoms with Gasteiger partial charge < -0.3 is 19.5 Å². The number of esters is 1. The first-order valence-electron chi connectivity index (χ1n) is 11.4. The van der Waals surface area contributed by atoms with E-state index in [0.29, 0.717) is 17.8 Å². The highest BCUT2D eigenvalue weighted by Crippen LogP contribution is 2.22. The maximum absolute atomic E-state index is 12.2. The number of likely N-dealkylation sites (N-methyl/N-ethyl adjacent to an activating group) is 1. The van der Waals surface area contributed by atoms with Crippen molar-refractivity contribution in [3.63, 3.8) is 0 Å². The quantitative estimate of drug-likeness (QED) is 0.512. The number of aromatic nitrogens is 5. The van der Waals surface area contributed by atoms with E-state index in [1.165, 1.54) is 0 Å². The number of fused-ring (bicyclic) bond motifs is 1. The molecule has 1 saturated heterocycles. The first-order chi connectivity index (χ1) is 15.4. The molecular weight excluding hydrogens is 406 g/mol. The van der Waals surface area contributed by atoms with E-state index in [4.69, 9.17) is 9.72 Å². The van der Waals surface area contributed by atoms with Crippen LogP contribution in [0, 0.1) is 11.8 Å². The largest absolute Gasteiger partial charge is 0.460 e. The molecule has 1 aliphatic rings. The number of nitrogens with zero attached hydrogens (tertiary/aromatic N) is 6. The average Bonchev–Trinajstić information content (AvgIpc) is 3.46. The lowest BCUT2D eigenvalue weighted by Gasteiger charge is -2.20. The maximum atomic E-state index is 12.2. The molecule has 0 bridgehead atoms. The third kappa shape index (κ3) is 5.27. The SMILES string of the molecule is CC[C@H](Cn1ccc2cnc(Nc3cnn(CC(=O)O[C@H]4CCN(C)C4)c3)nc21)C(C)C. The lowest BCUT2D eigenvalue weighted by Crippen LogP contribution is -2.24. The van der Waals surface area contributed by atoms with Crippen molar-refractivity contribution < 1.29 is 9.53 Å². The number of likely N-dealkylation sites (tertiary alicyclic amines) is 1. The second-order valence-electron chi connectivity index (χ2n) is 9.07. The zero-order valence-electron chi connectivity index (χ0n) is 19.4. The molecule has 1 N–H and O–H groups in total. The van der Waals surface area contributed by atoms with Gasteiger partial charge in [-0.1, -0.05) is 27.2 Å². The fraction of sp³-hybridized carbons (Fsp3) is 0.565. The van der Waals surface area contributed by atoms with Gasteiger partial charge in [0.15, 0.2) is 0 Å². The summed E-state index contributed by atoms with van der Waals surface area (Å²) >= 11 is 0. The Kier molecular flexibility index (Phi) is 6.74. The number of rotatable bonds is 9. The molecule has 172 valence electrons. The van der Waals surface area contributed by atoms with Crippen LogP contribution in [0.1, 0.15) is 33.6 Å². The van der Waals surface area contributed by atoms with Gasteiger partial charge in [0.05, 0.1) is 11.9 Å². The van der Waals surface area contributed by atoms with E-state index < -0.39 is 0 Å². The van der Waals surface area contributed by atoms with Crippen LogP contribution < -0.4 is 5.32 Å². The van der Waals surface area contributed by atoms with Crippen molar-refractivity contribution in [1.29, 1.82) is 0 Å². The van der Waals surface area contributed by atoms with E-state index in [0.717, 1.165) is 49.2 Å². The van der Waals surface area contributed by atoms with Crippen LogP contribution in [0.25, 0.3) is 11.0 Å². The molecule has 1 fully saturated rings. The van der Waals surface area contributed by atoms with Crippen molar-refractivity contribution >= 4 is 28.6 Å². The summed E-state index contributed by atoms with van der Waals surface area (Å²) in [4.78, 5) is 23.5. The van der Waals surface area contributed by atoms with E-state index in [1.54, 1.807) is 17.1 Å². The third-order valence-corrected chi connectivity index (χ3v) is 6.23. The molecule has 0 amide bonds. The Labute approximate surface area is 188 Å². The van der Waals surface area contributed by atoms with Crippen molar-refractivity contribution in [2.45, 2.75) is 52.8 Å². The molecule has 0 unspecified atom stereocenters. The monoisotopic (exact) mass is 439 g/mol. The van der Waals surface area contributed by atoms with Crippen LogP contribution in [0.15, 0.2) is 30.9 Å². The zero-order chi connectivity index (χ0) is 22.7. The predicted octanol–water partition coefficient (Wildman–Crippen LogP) is 3.30. The molecule has 0 aliphatic carbocycles. The number of nitrogens with one attached hydrogen (secondary N) is 1. The molecule has 4 heterocycles. The minimum Gasteiger partial charge on any atom is -0.460 e. The Hall–Kier alpha value is -2.94. The van der Waals surface area contributed by atoms with Crippen molar-refractivity contribution in [3.8, 4) is 0 Å². The van der Waals surface area contributed by atoms with Gasteiger partial charge in [0, 0.05) is 43.6 Å². The third-order valence-electron chi connectivity index (χ3n) is 6.23. The minimum absolute atomic E-state index is 0.0278. The number of hydrogen-bond donors (Lipinski definition) is 1. The fourth-order valence-corrected chi connectivity index (χ4v) is 4.23. The van der Waals surface area contributed by atoms with Crippen molar-refractivity contribution in [1.82, 2.24) is 29.2 Å². The second-order valence-corrected chi connectivity index (χ2v) is 9.07. The molecule has 9 heteroatoms. The lowest BCUT2D eigenvalue weighted by atomic mass is 9.93. The van der Waals surface area contributed by atoms with Gasteiger partial charge in [0.25, 0.3) is 0 Å². The summed E-state index contributed by atoms with van der Waals surface area (Å²) in [5.74, 6) is 1.45. The molecule has 0 aromatic carbocycles. The van der Waals surface area contributed by atoms with Crippen LogP contribution in [0.5, 0.6) is 0 Å². The summed E-state index contributed by atoms with van der Waals surface area (Å²) in [6.07, 6.45) is 9.33. The topological polar surface area (TPSA) is 90.1 Å². The molecule has 3 aromatic heterocycles. The Bertz CT molecular complexity index is 1060. The highest BCUT2D eigenvalue weighted by molar-refractivity contribution is 5.76. The van der Waals surface area contributed by atoms with Crippen molar-refractivity contribution in [2.75, 3.05) is 25.5 Å². The van der Waals surface area contributed by atoms with E-state index in [2.05, 4.69) is 57.9 Å². The normalized spacial score (nSPS) is 17.8. The summed E-state index contributed by atoms with van der Waals surface area (Å²) in [5, 5.41) is 8.48. The van der Waals surface area contributed by atoms with Crippen molar-refractivity contribution in [3.05, 3.63) is 30.9 Å². The minimum atomic E-state index is -0.272. The first kappa shape index (κ1) is 22.3. The number of anilines is 2. The van der Waals surface area contributed by atoms with Crippen molar-refractivity contribution in [2.24, 2.45) is 11.8 Å². The summed E-state index contributed by atoms with van der Waals surface area (Å²) in [6, 6.07) is 2.05. The van der Waals surface area contributed by atoms with Gasteiger partial charge in [-0.2, -0.15) is 10.1 Å². The molecule has 32 heavy (non-hydrogen) atoms. The van der Waals surface area contributed by atoms with Crippen LogP contribution in [0.4, 0.5) is 11.6 Å². The molecule has 0 radical (unpaired) electrons. The number of carbonyl (C=O) groups is 1. The van der Waals surface area contributed by atoms with Crippen LogP contribution in [0.2, 0.25) is 0 Å². The van der Waals surface area contributed by atoms with E-state index in [1.807, 2.05) is 13.2 Å². The standard InChI is InChI=1S/C23H33N7O2/c1-5-17(16(2)3)12-29-9-6-18-10-24-23(27-22(18)29)26-19-11-25-30(13-19)15-21(31)32-20-7-8-28(4)14-20/h6,9-11,13,16-17,20H,5,7-8,12,14-15H2,1-4H3,(H,24,26,27)/t17-,20+/m1/s1. The summed E-state index contributed by atoms with van der Waals surface area (Å²) in [5.41, 5.74) is 1.64. The molecule has 1 aliphatic heterocycles.